The lowest BCUT2D eigenvalue weighted by atomic mass is 10.1. The van der Waals surface area contributed by atoms with Crippen LogP contribution >= 0.6 is 0 Å². The van der Waals surface area contributed by atoms with Gasteiger partial charge in [-0.15, -0.1) is 10.2 Å². The van der Waals surface area contributed by atoms with E-state index in [9.17, 15) is 0 Å². The first-order valence-electron chi connectivity index (χ1n) is 8.30. The number of aryl methyl sites for hydroxylation is 1. The van der Waals surface area contributed by atoms with E-state index in [2.05, 4.69) is 46.6 Å². The van der Waals surface area contributed by atoms with Gasteiger partial charge in [0.2, 0.25) is 0 Å². The molecule has 1 aromatic carbocycles. The highest BCUT2D eigenvalue weighted by molar-refractivity contribution is 5.66. The Morgan fingerprint density at radius 1 is 1.16 bits per heavy atom. The Kier molecular flexibility index (Phi) is 3.89. The summed E-state index contributed by atoms with van der Waals surface area (Å²) in [6.45, 7) is 4.97. The maximum absolute atomic E-state index is 4.70. The molecule has 4 aromatic rings. The van der Waals surface area contributed by atoms with Gasteiger partial charge in [0.15, 0.2) is 11.5 Å². The van der Waals surface area contributed by atoms with Gasteiger partial charge in [0.25, 0.3) is 0 Å². The molecule has 0 aliphatic carbocycles. The van der Waals surface area contributed by atoms with Gasteiger partial charge in [-0.25, -0.2) is 4.98 Å². The van der Waals surface area contributed by atoms with E-state index in [-0.39, 0.29) is 6.04 Å². The van der Waals surface area contributed by atoms with Gasteiger partial charge in [-0.05, 0) is 13.8 Å². The Balaban J connectivity index is 1.75. The van der Waals surface area contributed by atoms with Gasteiger partial charge in [0.05, 0.1) is 17.9 Å². The minimum atomic E-state index is -0.0131. The highest BCUT2D eigenvalue weighted by Gasteiger charge is 2.15. The van der Waals surface area contributed by atoms with Crippen LogP contribution < -0.4 is 5.32 Å². The number of nitrogens with one attached hydrogen (secondary N) is 1. The third-order valence-corrected chi connectivity index (χ3v) is 4.17. The Hall–Kier alpha value is -3.22. The minimum absolute atomic E-state index is 0.0131. The predicted octanol–water partition coefficient (Wildman–Crippen LogP) is 3.18. The lowest BCUT2D eigenvalue weighted by molar-refractivity contribution is 0.655. The summed E-state index contributed by atoms with van der Waals surface area (Å²) in [6, 6.07) is 14.0. The average molecular weight is 333 g/mol. The van der Waals surface area contributed by atoms with Crippen LogP contribution in [0.3, 0.4) is 0 Å². The molecule has 1 N–H and O–H groups in total. The van der Waals surface area contributed by atoms with Crippen molar-refractivity contribution in [3.63, 3.8) is 0 Å². The summed E-state index contributed by atoms with van der Waals surface area (Å²) in [5, 5.41) is 16.1. The van der Waals surface area contributed by atoms with Gasteiger partial charge in [0, 0.05) is 24.2 Å². The van der Waals surface area contributed by atoms with Crippen LogP contribution in [-0.4, -0.2) is 29.4 Å². The molecule has 0 aliphatic heterocycles. The number of fused-ring (bicyclic) bond motifs is 1. The van der Waals surface area contributed by atoms with E-state index >= 15 is 0 Å². The SMILES string of the molecule is CCn1cnnc1[C@H](C)Nc1cc(-c2ccccc2)nc2ccnn12. The van der Waals surface area contributed by atoms with Gasteiger partial charge < -0.3 is 9.88 Å². The number of aromatic nitrogens is 6. The van der Waals surface area contributed by atoms with Gasteiger partial charge >= 0.3 is 0 Å². The van der Waals surface area contributed by atoms with Gasteiger partial charge in [-0.3, -0.25) is 0 Å². The first kappa shape index (κ1) is 15.3. The van der Waals surface area contributed by atoms with Crippen LogP contribution in [0.25, 0.3) is 16.9 Å². The number of hydrogen-bond donors (Lipinski definition) is 1. The fourth-order valence-electron chi connectivity index (χ4n) is 2.90. The Bertz CT molecular complexity index is 987. The standard InChI is InChI=1S/C18H19N7/c1-3-24-12-19-23-18(24)13(2)21-17-11-15(14-7-5-4-6-8-14)22-16-9-10-20-25(16)17/h4-13,21H,3H2,1-2H3/t13-/m0/s1. The molecule has 126 valence electrons. The highest BCUT2D eigenvalue weighted by atomic mass is 15.3. The lowest BCUT2D eigenvalue weighted by Crippen LogP contribution is -2.15. The molecular formula is C18H19N7. The number of hydrogen-bond acceptors (Lipinski definition) is 5. The first-order valence-corrected chi connectivity index (χ1v) is 8.30. The zero-order chi connectivity index (χ0) is 17.2. The lowest BCUT2D eigenvalue weighted by Gasteiger charge is -2.17. The zero-order valence-corrected chi connectivity index (χ0v) is 14.2. The van der Waals surface area contributed by atoms with Crippen LogP contribution in [0, 0.1) is 0 Å². The van der Waals surface area contributed by atoms with E-state index in [0.29, 0.717) is 0 Å². The quantitative estimate of drug-likeness (QED) is 0.607. The molecule has 0 unspecified atom stereocenters. The molecule has 25 heavy (non-hydrogen) atoms. The van der Waals surface area contributed by atoms with Crippen molar-refractivity contribution >= 4 is 11.5 Å². The molecule has 0 bridgehead atoms. The minimum Gasteiger partial charge on any atom is -0.360 e. The fraction of sp³-hybridized carbons (Fsp3) is 0.222. The first-order chi connectivity index (χ1) is 12.3. The maximum Gasteiger partial charge on any atom is 0.157 e. The van der Waals surface area contributed by atoms with Crippen LogP contribution in [-0.2, 0) is 6.54 Å². The zero-order valence-electron chi connectivity index (χ0n) is 14.2. The van der Waals surface area contributed by atoms with E-state index in [4.69, 9.17) is 4.98 Å². The van der Waals surface area contributed by atoms with Crippen molar-refractivity contribution < 1.29 is 0 Å². The van der Waals surface area contributed by atoms with Crippen LogP contribution in [0.4, 0.5) is 5.82 Å². The number of anilines is 1. The van der Waals surface area contributed by atoms with Crippen molar-refractivity contribution in [1.29, 1.82) is 0 Å². The normalized spacial score (nSPS) is 12.4. The average Bonchev–Trinajstić information content (AvgIpc) is 3.31. The Morgan fingerprint density at radius 3 is 2.80 bits per heavy atom. The summed E-state index contributed by atoms with van der Waals surface area (Å²) >= 11 is 0. The summed E-state index contributed by atoms with van der Waals surface area (Å²) in [6.07, 6.45) is 3.50. The predicted molar refractivity (Wildman–Crippen MR) is 96.2 cm³/mol. The third-order valence-electron chi connectivity index (χ3n) is 4.17. The second-order valence-electron chi connectivity index (χ2n) is 5.84. The molecule has 4 rings (SSSR count). The molecule has 7 nitrogen and oxygen atoms in total. The topological polar surface area (TPSA) is 72.9 Å². The molecule has 7 heteroatoms. The smallest absolute Gasteiger partial charge is 0.157 e. The number of nitrogens with zero attached hydrogens (tertiary/aromatic N) is 6. The summed E-state index contributed by atoms with van der Waals surface area (Å²) in [5.41, 5.74) is 2.77. The Morgan fingerprint density at radius 2 is 2.00 bits per heavy atom. The molecule has 1 atom stereocenters. The molecule has 0 saturated carbocycles. The van der Waals surface area contributed by atoms with Crippen molar-refractivity contribution in [2.24, 2.45) is 0 Å². The summed E-state index contributed by atoms with van der Waals surface area (Å²) in [4.78, 5) is 4.70. The summed E-state index contributed by atoms with van der Waals surface area (Å²) in [7, 11) is 0. The van der Waals surface area contributed by atoms with Crippen LogP contribution in [0.15, 0.2) is 55.0 Å². The molecule has 0 radical (unpaired) electrons. The van der Waals surface area contributed by atoms with Crippen molar-refractivity contribution in [3.05, 3.63) is 60.8 Å². The second kappa shape index (κ2) is 6.35. The van der Waals surface area contributed by atoms with Gasteiger partial charge in [-0.2, -0.15) is 9.61 Å². The molecule has 0 aliphatic rings. The number of rotatable bonds is 5. The Labute approximate surface area is 145 Å². The number of benzene rings is 1. The highest BCUT2D eigenvalue weighted by Crippen LogP contribution is 2.24. The van der Waals surface area contributed by atoms with Crippen LogP contribution in [0.5, 0.6) is 0 Å². The van der Waals surface area contributed by atoms with E-state index in [1.165, 1.54) is 0 Å². The molecule has 0 amide bonds. The van der Waals surface area contributed by atoms with E-state index in [1.807, 2.05) is 34.9 Å². The fourth-order valence-corrected chi connectivity index (χ4v) is 2.90. The van der Waals surface area contributed by atoms with Crippen LogP contribution in [0.2, 0.25) is 0 Å². The molecule has 3 heterocycles. The molecule has 3 aromatic heterocycles. The van der Waals surface area contributed by atoms with Gasteiger partial charge in [0.1, 0.15) is 12.1 Å². The van der Waals surface area contributed by atoms with Crippen molar-refractivity contribution in [2.45, 2.75) is 26.4 Å². The van der Waals surface area contributed by atoms with E-state index < -0.39 is 0 Å². The summed E-state index contributed by atoms with van der Waals surface area (Å²) < 4.78 is 3.83. The van der Waals surface area contributed by atoms with E-state index in [1.54, 1.807) is 17.0 Å². The van der Waals surface area contributed by atoms with Crippen molar-refractivity contribution in [1.82, 2.24) is 29.4 Å². The second-order valence-corrected chi connectivity index (χ2v) is 5.84. The molecular weight excluding hydrogens is 314 g/mol. The monoisotopic (exact) mass is 333 g/mol. The maximum atomic E-state index is 4.70. The molecule has 0 saturated heterocycles. The van der Waals surface area contributed by atoms with Crippen molar-refractivity contribution in [2.75, 3.05) is 5.32 Å². The van der Waals surface area contributed by atoms with Crippen LogP contribution in [0.1, 0.15) is 25.7 Å². The summed E-state index contributed by atoms with van der Waals surface area (Å²) in [5.74, 6) is 1.76. The van der Waals surface area contributed by atoms with Crippen molar-refractivity contribution in [3.8, 4) is 11.3 Å². The van der Waals surface area contributed by atoms with E-state index in [0.717, 1.165) is 35.1 Å². The van der Waals surface area contributed by atoms with Gasteiger partial charge in [-0.1, -0.05) is 30.3 Å². The molecule has 0 spiro atoms. The largest absolute Gasteiger partial charge is 0.360 e. The third kappa shape index (κ3) is 2.84. The molecule has 0 fully saturated rings.